The predicted octanol–water partition coefficient (Wildman–Crippen LogP) is 1.90. The molecule has 0 unspecified atom stereocenters. The van der Waals surface area contributed by atoms with E-state index in [4.69, 9.17) is 9.47 Å². The van der Waals surface area contributed by atoms with Gasteiger partial charge in [-0.2, -0.15) is 5.10 Å². The summed E-state index contributed by atoms with van der Waals surface area (Å²) in [5, 5.41) is 7.31. The quantitative estimate of drug-likeness (QED) is 0.787. The van der Waals surface area contributed by atoms with Crippen molar-refractivity contribution in [2.75, 3.05) is 40.4 Å². The molecule has 3 heterocycles. The molecule has 2 aliphatic heterocycles. The number of fused-ring (bicyclic) bond motifs is 1. The Labute approximate surface area is 181 Å². The topological polar surface area (TPSA) is 88.9 Å². The van der Waals surface area contributed by atoms with Gasteiger partial charge in [-0.05, 0) is 37.0 Å². The highest BCUT2D eigenvalue weighted by molar-refractivity contribution is 5.95. The van der Waals surface area contributed by atoms with Gasteiger partial charge in [0.05, 0.1) is 31.7 Å². The van der Waals surface area contributed by atoms with Crippen LogP contribution in [0.3, 0.4) is 0 Å². The third-order valence-electron chi connectivity index (χ3n) is 5.96. The Morgan fingerprint density at radius 3 is 2.48 bits per heavy atom. The summed E-state index contributed by atoms with van der Waals surface area (Å²) in [7, 11) is 3.17. The van der Waals surface area contributed by atoms with E-state index in [2.05, 4.69) is 10.4 Å². The molecule has 0 bridgehead atoms. The average molecular weight is 428 g/mol. The molecule has 9 nitrogen and oxygen atoms in total. The first-order valence-corrected chi connectivity index (χ1v) is 10.7. The molecule has 1 N–H and O–H groups in total. The van der Waals surface area contributed by atoms with Crippen molar-refractivity contribution in [2.24, 2.45) is 0 Å². The highest BCUT2D eigenvalue weighted by Gasteiger charge is 2.28. The van der Waals surface area contributed by atoms with Gasteiger partial charge < -0.3 is 24.6 Å². The van der Waals surface area contributed by atoms with Gasteiger partial charge in [0.2, 0.25) is 0 Å². The van der Waals surface area contributed by atoms with E-state index >= 15 is 0 Å². The van der Waals surface area contributed by atoms with Gasteiger partial charge in [-0.25, -0.2) is 4.79 Å². The second kappa shape index (κ2) is 9.28. The molecule has 0 radical (unpaired) electrons. The molecule has 9 heteroatoms. The minimum absolute atomic E-state index is 0.0218. The second-order valence-corrected chi connectivity index (χ2v) is 7.81. The smallest absolute Gasteiger partial charge is 0.317 e. The van der Waals surface area contributed by atoms with Crippen molar-refractivity contribution in [3.8, 4) is 11.5 Å². The number of piperazine rings is 1. The molecule has 1 aromatic heterocycles. The maximum Gasteiger partial charge on any atom is 0.317 e. The number of benzene rings is 1. The molecular weight excluding hydrogens is 398 g/mol. The van der Waals surface area contributed by atoms with Gasteiger partial charge in [0.15, 0.2) is 11.5 Å². The molecular formula is C22H29N5O4. The maximum atomic E-state index is 13.0. The maximum absolute atomic E-state index is 13.0. The van der Waals surface area contributed by atoms with Crippen molar-refractivity contribution in [2.45, 2.75) is 32.4 Å². The lowest BCUT2D eigenvalue weighted by molar-refractivity contribution is 0.0663. The minimum Gasteiger partial charge on any atom is -0.493 e. The average Bonchev–Trinajstić information content (AvgIpc) is 3.26. The lowest BCUT2D eigenvalue weighted by atomic mass is 10.1. The number of hydrogen-bond donors (Lipinski definition) is 1. The number of hydrogen-bond acceptors (Lipinski definition) is 5. The van der Waals surface area contributed by atoms with Gasteiger partial charge in [0, 0.05) is 39.3 Å². The van der Waals surface area contributed by atoms with Gasteiger partial charge in [0.25, 0.3) is 5.91 Å². The summed E-state index contributed by atoms with van der Waals surface area (Å²) >= 11 is 0. The SMILES string of the molecule is COc1ccc(CNC(=O)N2CCN(C(=O)c3cnn4c3CCCC4)CC2)cc1OC. The first-order valence-electron chi connectivity index (χ1n) is 10.7. The Kier molecular flexibility index (Phi) is 6.29. The largest absolute Gasteiger partial charge is 0.493 e. The van der Waals surface area contributed by atoms with Crippen molar-refractivity contribution < 1.29 is 19.1 Å². The third-order valence-corrected chi connectivity index (χ3v) is 5.96. The van der Waals surface area contributed by atoms with E-state index in [9.17, 15) is 9.59 Å². The number of methoxy groups -OCH3 is 2. The Morgan fingerprint density at radius 2 is 1.74 bits per heavy atom. The number of carbonyl (C=O) groups excluding carboxylic acids is 2. The molecule has 0 saturated carbocycles. The number of aromatic nitrogens is 2. The van der Waals surface area contributed by atoms with Crippen LogP contribution in [0.4, 0.5) is 4.79 Å². The van der Waals surface area contributed by atoms with Gasteiger partial charge in [0.1, 0.15) is 0 Å². The van der Waals surface area contributed by atoms with E-state index in [-0.39, 0.29) is 11.9 Å². The monoisotopic (exact) mass is 427 g/mol. The fourth-order valence-corrected chi connectivity index (χ4v) is 4.16. The van der Waals surface area contributed by atoms with E-state index in [1.165, 1.54) is 0 Å². The molecule has 0 spiro atoms. The number of rotatable bonds is 5. The number of urea groups is 1. The zero-order chi connectivity index (χ0) is 21.8. The summed E-state index contributed by atoms with van der Waals surface area (Å²) in [6.45, 7) is 3.33. The molecule has 4 rings (SSSR count). The van der Waals surface area contributed by atoms with Crippen LogP contribution in [-0.2, 0) is 19.5 Å². The van der Waals surface area contributed by atoms with Gasteiger partial charge in [-0.15, -0.1) is 0 Å². The van der Waals surface area contributed by atoms with Gasteiger partial charge >= 0.3 is 6.03 Å². The van der Waals surface area contributed by atoms with Crippen LogP contribution in [0.15, 0.2) is 24.4 Å². The highest BCUT2D eigenvalue weighted by Crippen LogP contribution is 2.27. The van der Waals surface area contributed by atoms with E-state index < -0.39 is 0 Å². The van der Waals surface area contributed by atoms with Crippen LogP contribution in [0.5, 0.6) is 11.5 Å². The number of aryl methyl sites for hydroxylation is 1. The van der Waals surface area contributed by atoms with Crippen LogP contribution < -0.4 is 14.8 Å². The molecule has 2 aromatic rings. The molecule has 3 amide bonds. The zero-order valence-electron chi connectivity index (χ0n) is 18.1. The zero-order valence-corrected chi connectivity index (χ0v) is 18.1. The Bertz CT molecular complexity index is 949. The molecule has 0 aliphatic carbocycles. The van der Waals surface area contributed by atoms with Gasteiger partial charge in [-0.1, -0.05) is 6.07 Å². The summed E-state index contributed by atoms with van der Waals surface area (Å²) in [6, 6.07) is 5.43. The number of amides is 3. The van der Waals surface area contributed by atoms with Crippen molar-refractivity contribution in [1.82, 2.24) is 24.9 Å². The molecule has 31 heavy (non-hydrogen) atoms. The van der Waals surface area contributed by atoms with Crippen molar-refractivity contribution >= 4 is 11.9 Å². The van der Waals surface area contributed by atoms with Crippen molar-refractivity contribution in [3.05, 3.63) is 41.2 Å². The van der Waals surface area contributed by atoms with E-state index in [0.29, 0.717) is 49.8 Å². The summed E-state index contributed by atoms with van der Waals surface area (Å²) < 4.78 is 12.5. The fraction of sp³-hybridized carbons (Fsp3) is 0.500. The lowest BCUT2D eigenvalue weighted by Crippen LogP contribution is -2.53. The van der Waals surface area contributed by atoms with E-state index in [0.717, 1.165) is 37.1 Å². The molecule has 2 aliphatic rings. The first-order chi connectivity index (χ1) is 15.1. The normalized spacial score (nSPS) is 15.9. The van der Waals surface area contributed by atoms with Crippen LogP contribution in [0.2, 0.25) is 0 Å². The molecule has 1 aromatic carbocycles. The van der Waals surface area contributed by atoms with E-state index in [1.807, 2.05) is 27.8 Å². The lowest BCUT2D eigenvalue weighted by Gasteiger charge is -2.34. The van der Waals surface area contributed by atoms with Crippen LogP contribution >= 0.6 is 0 Å². The fourth-order valence-electron chi connectivity index (χ4n) is 4.16. The minimum atomic E-state index is -0.134. The Hall–Kier alpha value is -3.23. The van der Waals surface area contributed by atoms with Crippen LogP contribution in [0.25, 0.3) is 0 Å². The van der Waals surface area contributed by atoms with E-state index in [1.54, 1.807) is 25.3 Å². The Morgan fingerprint density at radius 1 is 1.00 bits per heavy atom. The van der Waals surface area contributed by atoms with Crippen LogP contribution in [-0.4, -0.2) is 71.9 Å². The van der Waals surface area contributed by atoms with Crippen molar-refractivity contribution in [3.63, 3.8) is 0 Å². The summed E-state index contributed by atoms with van der Waals surface area (Å²) in [5.41, 5.74) is 2.68. The number of ether oxygens (including phenoxy) is 2. The molecule has 1 saturated heterocycles. The highest BCUT2D eigenvalue weighted by atomic mass is 16.5. The summed E-state index contributed by atoms with van der Waals surface area (Å²) in [6.07, 6.45) is 4.81. The number of nitrogens with zero attached hydrogens (tertiary/aromatic N) is 4. The van der Waals surface area contributed by atoms with Gasteiger partial charge in [-0.3, -0.25) is 9.48 Å². The summed E-state index contributed by atoms with van der Waals surface area (Å²) in [5.74, 6) is 1.30. The number of carbonyl (C=O) groups is 2. The molecule has 166 valence electrons. The molecule has 0 atom stereocenters. The van der Waals surface area contributed by atoms with Crippen molar-refractivity contribution in [1.29, 1.82) is 0 Å². The Balaban J connectivity index is 1.29. The second-order valence-electron chi connectivity index (χ2n) is 7.81. The van der Waals surface area contributed by atoms with Crippen LogP contribution in [0, 0.1) is 0 Å². The third kappa shape index (κ3) is 4.45. The first kappa shape index (κ1) is 21.0. The standard InChI is InChI=1S/C22H29N5O4/c1-30-19-7-6-16(13-20(19)31-2)14-23-22(29)26-11-9-25(10-12-26)21(28)17-15-24-27-8-4-3-5-18(17)27/h6-7,13,15H,3-5,8-12,14H2,1-2H3,(H,23,29). The predicted molar refractivity (Wildman–Crippen MR) is 114 cm³/mol. The van der Waals surface area contributed by atoms with Crippen LogP contribution in [0.1, 0.15) is 34.5 Å². The molecule has 1 fully saturated rings. The summed E-state index contributed by atoms with van der Waals surface area (Å²) in [4.78, 5) is 29.1. The number of nitrogens with one attached hydrogen (secondary N) is 1.